The first kappa shape index (κ1) is 13.7. The summed E-state index contributed by atoms with van der Waals surface area (Å²) in [6.07, 6.45) is 2.16. The number of urea groups is 1. The molecule has 114 valence electrons. The number of nitrogens with zero attached hydrogens (tertiary/aromatic N) is 4. The molecule has 0 bridgehead atoms. The van der Waals surface area contributed by atoms with E-state index >= 15 is 0 Å². The fourth-order valence-electron chi connectivity index (χ4n) is 2.44. The van der Waals surface area contributed by atoms with E-state index in [1.165, 1.54) is 0 Å². The number of nitrogens with one attached hydrogen (secondary N) is 1. The fraction of sp³-hybridized carbons (Fsp3) is 0.250. The van der Waals surface area contributed by atoms with Crippen LogP contribution < -0.4 is 16.0 Å². The zero-order valence-electron chi connectivity index (χ0n) is 12.4. The number of hydrogen-bond acceptors (Lipinski definition) is 4. The summed E-state index contributed by atoms with van der Waals surface area (Å²) in [7, 11) is 0. The molecule has 1 aromatic heterocycles. The Labute approximate surface area is 131 Å². The molecule has 23 heavy (non-hydrogen) atoms. The van der Waals surface area contributed by atoms with Crippen LogP contribution in [0.2, 0.25) is 0 Å². The average Bonchev–Trinajstić information content (AvgIpc) is 3.28. The van der Waals surface area contributed by atoms with Crippen LogP contribution in [0.3, 0.4) is 0 Å². The lowest BCUT2D eigenvalue weighted by atomic mass is 10.2. The summed E-state index contributed by atoms with van der Waals surface area (Å²) in [5.41, 5.74) is 1.67. The molecule has 1 aromatic carbocycles. The first-order chi connectivity index (χ1) is 11.1. The number of amides is 3. The van der Waals surface area contributed by atoms with Crippen molar-refractivity contribution in [3.63, 3.8) is 0 Å². The molecule has 7 nitrogen and oxygen atoms in total. The summed E-state index contributed by atoms with van der Waals surface area (Å²) in [4.78, 5) is 39.8. The van der Waals surface area contributed by atoms with Crippen LogP contribution >= 0.6 is 0 Å². The third-order valence-electron chi connectivity index (χ3n) is 3.71. The van der Waals surface area contributed by atoms with E-state index in [0.717, 1.165) is 24.4 Å². The van der Waals surface area contributed by atoms with Crippen molar-refractivity contribution in [3.05, 3.63) is 52.2 Å². The second kappa shape index (κ2) is 5.05. The second-order valence-corrected chi connectivity index (χ2v) is 5.69. The normalized spacial score (nSPS) is 15.6. The Morgan fingerprint density at radius 2 is 1.91 bits per heavy atom. The summed E-state index contributed by atoms with van der Waals surface area (Å²) in [5.74, 6) is 0.815. The molecule has 1 fully saturated rings. The molecule has 1 aliphatic heterocycles. The number of anilines is 1. The number of benzene rings is 1. The van der Waals surface area contributed by atoms with Crippen LogP contribution in [0.1, 0.15) is 40.8 Å². The van der Waals surface area contributed by atoms with Crippen molar-refractivity contribution in [3.8, 4) is 0 Å². The van der Waals surface area contributed by atoms with Gasteiger partial charge < -0.3 is 5.32 Å². The van der Waals surface area contributed by atoms with E-state index in [1.807, 2.05) is 6.92 Å². The number of rotatable bonds is 3. The van der Waals surface area contributed by atoms with Gasteiger partial charge in [-0.2, -0.15) is 9.98 Å². The Kier molecular flexibility index (Phi) is 3.00. The predicted octanol–water partition coefficient (Wildman–Crippen LogP) is 1.29. The predicted molar refractivity (Wildman–Crippen MR) is 80.8 cm³/mol. The molecule has 0 spiro atoms. The minimum absolute atomic E-state index is 0.307. The molecule has 7 heteroatoms. The van der Waals surface area contributed by atoms with Crippen LogP contribution in [-0.4, -0.2) is 21.9 Å². The van der Waals surface area contributed by atoms with Crippen LogP contribution in [0, 0.1) is 6.92 Å². The lowest BCUT2D eigenvalue weighted by Gasteiger charge is -2.06. The number of fused-ring (bicyclic) bond motifs is 1. The molecule has 2 aromatic rings. The highest BCUT2D eigenvalue weighted by Gasteiger charge is 2.27. The first-order valence-corrected chi connectivity index (χ1v) is 7.37. The van der Waals surface area contributed by atoms with Gasteiger partial charge in [-0.3, -0.25) is 4.79 Å². The molecule has 0 radical (unpaired) electrons. The topological polar surface area (TPSA) is 96.7 Å². The Morgan fingerprint density at radius 3 is 2.70 bits per heavy atom. The van der Waals surface area contributed by atoms with E-state index in [4.69, 9.17) is 0 Å². The highest BCUT2D eigenvalue weighted by atomic mass is 16.2. The molecule has 2 aliphatic rings. The quantitative estimate of drug-likeness (QED) is 0.924. The van der Waals surface area contributed by atoms with Gasteiger partial charge in [0.1, 0.15) is 11.5 Å². The van der Waals surface area contributed by atoms with Gasteiger partial charge >= 0.3 is 6.03 Å². The number of carbonyl (C=O) groups excluding carboxylic acids is 2. The van der Waals surface area contributed by atoms with Crippen molar-refractivity contribution in [1.29, 1.82) is 0 Å². The van der Waals surface area contributed by atoms with Crippen molar-refractivity contribution < 1.29 is 9.59 Å². The summed E-state index contributed by atoms with van der Waals surface area (Å²) < 4.78 is 0. The molecule has 1 N–H and O–H groups in total. The van der Waals surface area contributed by atoms with Crippen molar-refractivity contribution in [2.75, 3.05) is 5.32 Å². The summed E-state index contributed by atoms with van der Waals surface area (Å²) in [5, 5.41) is 3.75. The van der Waals surface area contributed by atoms with Gasteiger partial charge in [-0.15, -0.1) is 0 Å². The Bertz CT molecular complexity index is 963. The maximum absolute atomic E-state index is 12.4. The van der Waals surface area contributed by atoms with Crippen LogP contribution in [-0.2, 0) is 0 Å². The Balaban J connectivity index is 1.61. The average molecular weight is 307 g/mol. The minimum Gasteiger partial charge on any atom is -0.321 e. The van der Waals surface area contributed by atoms with E-state index < -0.39 is 6.03 Å². The molecule has 0 atom stereocenters. The van der Waals surface area contributed by atoms with Gasteiger partial charge in [-0.25, -0.2) is 14.8 Å². The number of aryl methyl sites for hydroxylation is 1. The van der Waals surface area contributed by atoms with Crippen LogP contribution in [0.5, 0.6) is 0 Å². The molecular weight excluding hydrogens is 294 g/mol. The van der Waals surface area contributed by atoms with Gasteiger partial charge in [0.2, 0.25) is 0 Å². The van der Waals surface area contributed by atoms with E-state index in [9.17, 15) is 9.59 Å². The first-order valence-electron chi connectivity index (χ1n) is 7.37. The molecule has 1 saturated carbocycles. The maximum atomic E-state index is 12.4. The Hall–Kier alpha value is -2.96. The maximum Gasteiger partial charge on any atom is 0.368 e. The second-order valence-electron chi connectivity index (χ2n) is 5.69. The number of hydrogen-bond donors (Lipinski definition) is 1. The number of aromatic nitrogens is 2. The summed E-state index contributed by atoms with van der Waals surface area (Å²) >= 11 is 0. The highest BCUT2D eigenvalue weighted by molar-refractivity contribution is 6.02. The van der Waals surface area contributed by atoms with Crippen molar-refractivity contribution in [2.24, 2.45) is 9.98 Å². The van der Waals surface area contributed by atoms with Crippen LogP contribution in [0.4, 0.5) is 10.5 Å². The molecule has 4 rings (SSSR count). The zero-order valence-corrected chi connectivity index (χ0v) is 12.4. The third-order valence-corrected chi connectivity index (χ3v) is 3.71. The lowest BCUT2D eigenvalue weighted by molar-refractivity contribution is 0.102. The molecular formula is C16H13N5O2. The van der Waals surface area contributed by atoms with Gasteiger partial charge in [-0.05, 0) is 44.0 Å². The van der Waals surface area contributed by atoms with Crippen LogP contribution in [0.15, 0.2) is 34.3 Å². The molecule has 1 aliphatic carbocycles. The monoisotopic (exact) mass is 307 g/mol. The van der Waals surface area contributed by atoms with Gasteiger partial charge in [0.15, 0.2) is 0 Å². The molecule has 0 saturated heterocycles. The number of carbonyl (C=O) groups is 2. The van der Waals surface area contributed by atoms with Crippen LogP contribution in [0.25, 0.3) is 0 Å². The SMILES string of the molecule is Cc1cc(C(=O)Nc2ccc3c(c2)=NC(=O)N=3)nc(C2CC2)n1. The summed E-state index contributed by atoms with van der Waals surface area (Å²) in [6, 6.07) is 6.10. The van der Waals surface area contributed by atoms with E-state index in [2.05, 4.69) is 25.3 Å². The van der Waals surface area contributed by atoms with Gasteiger partial charge in [0.05, 0.1) is 10.7 Å². The Morgan fingerprint density at radius 1 is 1.13 bits per heavy atom. The largest absolute Gasteiger partial charge is 0.368 e. The smallest absolute Gasteiger partial charge is 0.321 e. The molecule has 2 heterocycles. The van der Waals surface area contributed by atoms with Crippen molar-refractivity contribution in [1.82, 2.24) is 9.97 Å². The fourth-order valence-corrected chi connectivity index (χ4v) is 2.44. The zero-order chi connectivity index (χ0) is 16.0. The molecule has 0 unspecified atom stereocenters. The lowest BCUT2D eigenvalue weighted by Crippen LogP contribution is -2.23. The van der Waals surface area contributed by atoms with Gasteiger partial charge in [-0.1, -0.05) is 0 Å². The molecule has 3 amide bonds. The van der Waals surface area contributed by atoms with E-state index in [-0.39, 0.29) is 5.91 Å². The summed E-state index contributed by atoms with van der Waals surface area (Å²) in [6.45, 7) is 1.85. The standard InChI is InChI=1S/C16H13N5O2/c1-8-6-13(19-14(17-8)9-2-3-9)15(22)18-10-4-5-11-12(7-10)21-16(23)20-11/h4-7,9H,2-3H2,1H3,(H,18,22). The van der Waals surface area contributed by atoms with Gasteiger partial charge in [0, 0.05) is 17.3 Å². The van der Waals surface area contributed by atoms with Gasteiger partial charge in [0.25, 0.3) is 5.91 Å². The third kappa shape index (κ3) is 2.73. The highest BCUT2D eigenvalue weighted by Crippen LogP contribution is 2.38. The van der Waals surface area contributed by atoms with Crippen molar-refractivity contribution >= 4 is 17.6 Å². The van der Waals surface area contributed by atoms with Crippen molar-refractivity contribution in [2.45, 2.75) is 25.7 Å². The van der Waals surface area contributed by atoms with E-state index in [1.54, 1.807) is 24.3 Å². The minimum atomic E-state index is -0.524. The van der Waals surface area contributed by atoms with E-state index in [0.29, 0.717) is 28.0 Å².